The summed E-state index contributed by atoms with van der Waals surface area (Å²) < 4.78 is 5.30. The largest absolute Gasteiger partial charge is 0.496 e. The number of aryl methyl sites for hydroxylation is 2. The molecule has 0 aromatic heterocycles. The van der Waals surface area contributed by atoms with Crippen LogP contribution in [0.4, 0.5) is 0 Å². The van der Waals surface area contributed by atoms with Crippen LogP contribution < -0.4 is 4.74 Å². The van der Waals surface area contributed by atoms with Crippen LogP contribution in [0, 0.1) is 24.7 Å². The van der Waals surface area contributed by atoms with E-state index < -0.39 is 22.8 Å². The van der Waals surface area contributed by atoms with Gasteiger partial charge < -0.3 is 14.9 Å². The fourth-order valence-electron chi connectivity index (χ4n) is 3.99. The van der Waals surface area contributed by atoms with E-state index in [2.05, 4.69) is 0 Å². The first-order valence-electron chi connectivity index (χ1n) is 7.59. The van der Waals surface area contributed by atoms with Crippen molar-refractivity contribution >= 4 is 11.9 Å². The highest BCUT2D eigenvalue weighted by Gasteiger charge is 2.80. The van der Waals surface area contributed by atoms with E-state index in [1.807, 2.05) is 30.9 Å². The number of carbonyl (C=O) groups is 2. The van der Waals surface area contributed by atoms with Gasteiger partial charge in [-0.05, 0) is 43.0 Å². The fourth-order valence-corrected chi connectivity index (χ4v) is 3.99. The van der Waals surface area contributed by atoms with Crippen LogP contribution in [-0.2, 0) is 16.1 Å². The smallest absolute Gasteiger partial charge is 0.312 e. The molecule has 0 spiro atoms. The van der Waals surface area contributed by atoms with E-state index in [1.54, 1.807) is 7.11 Å². The van der Waals surface area contributed by atoms with Crippen molar-refractivity contribution in [2.24, 2.45) is 10.8 Å². The summed E-state index contributed by atoms with van der Waals surface area (Å²) in [7, 11) is 1.63. The maximum absolute atomic E-state index is 11.6. The number of piperidine rings is 1. The molecule has 1 saturated heterocycles. The summed E-state index contributed by atoms with van der Waals surface area (Å²) in [6.45, 7) is 5.08. The molecule has 6 nitrogen and oxygen atoms in total. The summed E-state index contributed by atoms with van der Waals surface area (Å²) in [5.74, 6) is -1.17. The van der Waals surface area contributed by atoms with E-state index in [0.717, 1.165) is 22.4 Å². The number of carboxylic acids is 2. The Morgan fingerprint density at radius 2 is 1.70 bits per heavy atom. The summed E-state index contributed by atoms with van der Waals surface area (Å²) in [4.78, 5) is 25.1. The van der Waals surface area contributed by atoms with Crippen molar-refractivity contribution in [3.8, 4) is 5.75 Å². The number of aliphatic carboxylic acids is 2. The first-order valence-corrected chi connectivity index (χ1v) is 7.59. The molecular formula is C17H21NO5. The molecule has 124 valence electrons. The molecule has 0 unspecified atom stereocenters. The van der Waals surface area contributed by atoms with Crippen LogP contribution in [0.3, 0.4) is 0 Å². The quantitative estimate of drug-likeness (QED) is 0.858. The Kier molecular flexibility index (Phi) is 3.41. The summed E-state index contributed by atoms with van der Waals surface area (Å²) in [6, 6.07) is 3.99. The topological polar surface area (TPSA) is 87.1 Å². The van der Waals surface area contributed by atoms with Gasteiger partial charge in [-0.2, -0.15) is 0 Å². The third-order valence-electron chi connectivity index (χ3n) is 5.45. The highest BCUT2D eigenvalue weighted by Crippen LogP contribution is 2.68. The maximum Gasteiger partial charge on any atom is 0.312 e. The van der Waals surface area contributed by atoms with Crippen molar-refractivity contribution in [2.75, 3.05) is 20.2 Å². The minimum atomic E-state index is -1.12. The zero-order valence-electron chi connectivity index (χ0n) is 13.5. The molecule has 1 saturated carbocycles. The van der Waals surface area contributed by atoms with Gasteiger partial charge in [0.05, 0.1) is 17.9 Å². The molecule has 3 rings (SSSR count). The van der Waals surface area contributed by atoms with Gasteiger partial charge in [0.2, 0.25) is 0 Å². The van der Waals surface area contributed by atoms with E-state index in [4.69, 9.17) is 4.74 Å². The number of likely N-dealkylation sites (tertiary alicyclic amines) is 1. The van der Waals surface area contributed by atoms with Gasteiger partial charge in [0.1, 0.15) is 5.75 Å². The number of fused-ring (bicyclic) bond motifs is 1. The lowest BCUT2D eigenvalue weighted by molar-refractivity contribution is -0.151. The van der Waals surface area contributed by atoms with Crippen molar-refractivity contribution < 1.29 is 24.5 Å². The highest BCUT2D eigenvalue weighted by molar-refractivity contribution is 5.94. The van der Waals surface area contributed by atoms with Crippen molar-refractivity contribution in [2.45, 2.75) is 26.8 Å². The predicted molar refractivity (Wildman–Crippen MR) is 82.5 cm³/mol. The fraction of sp³-hybridized carbons (Fsp3) is 0.529. The van der Waals surface area contributed by atoms with E-state index >= 15 is 0 Å². The molecule has 2 aliphatic rings. The molecule has 23 heavy (non-hydrogen) atoms. The zero-order valence-corrected chi connectivity index (χ0v) is 13.5. The molecule has 2 fully saturated rings. The minimum Gasteiger partial charge on any atom is -0.496 e. The van der Waals surface area contributed by atoms with Crippen molar-refractivity contribution in [3.63, 3.8) is 0 Å². The number of hydrogen-bond donors (Lipinski definition) is 2. The van der Waals surface area contributed by atoms with Gasteiger partial charge in [-0.1, -0.05) is 6.07 Å². The first-order chi connectivity index (χ1) is 10.8. The SMILES string of the molecule is COc1cc(C)c(CN2C[C@@]3(C(=O)O)C[C@@]3(C(=O)O)C2)cc1C. The van der Waals surface area contributed by atoms with Gasteiger partial charge >= 0.3 is 11.9 Å². The third-order valence-corrected chi connectivity index (χ3v) is 5.45. The molecule has 0 radical (unpaired) electrons. The third kappa shape index (κ3) is 2.12. The lowest BCUT2D eigenvalue weighted by atomic mass is 9.97. The second kappa shape index (κ2) is 4.96. The second-order valence-electron chi connectivity index (χ2n) is 6.84. The maximum atomic E-state index is 11.6. The first kappa shape index (κ1) is 15.8. The summed E-state index contributed by atoms with van der Waals surface area (Å²) >= 11 is 0. The molecule has 1 heterocycles. The van der Waals surface area contributed by atoms with Crippen molar-refractivity contribution in [1.82, 2.24) is 4.90 Å². The average molecular weight is 319 g/mol. The number of nitrogens with zero attached hydrogens (tertiary/aromatic N) is 1. The summed E-state index contributed by atoms with van der Waals surface area (Å²) in [5.41, 5.74) is 0.911. The molecule has 1 aliphatic heterocycles. The van der Waals surface area contributed by atoms with Crippen LogP contribution in [0.5, 0.6) is 5.75 Å². The van der Waals surface area contributed by atoms with Crippen LogP contribution in [-0.4, -0.2) is 47.3 Å². The van der Waals surface area contributed by atoms with Gasteiger partial charge in [-0.15, -0.1) is 0 Å². The highest BCUT2D eigenvalue weighted by atomic mass is 16.5. The van der Waals surface area contributed by atoms with Gasteiger partial charge in [-0.25, -0.2) is 0 Å². The minimum absolute atomic E-state index is 0.238. The van der Waals surface area contributed by atoms with Gasteiger partial charge in [0, 0.05) is 19.6 Å². The second-order valence-corrected chi connectivity index (χ2v) is 6.84. The molecule has 1 aromatic carbocycles. The van der Waals surface area contributed by atoms with Crippen LogP contribution in [0.25, 0.3) is 0 Å². The molecule has 1 aromatic rings. The van der Waals surface area contributed by atoms with Gasteiger partial charge in [-0.3, -0.25) is 14.5 Å². The standard InChI is InChI=1S/C17H21NO5/c1-10-5-13(23-3)11(2)4-12(10)6-18-8-16(14(19)20)7-17(16,9-18)15(21)22/h4-5H,6-9H2,1-3H3,(H,19,20)(H,21,22)/t16-,17+. The Bertz CT molecular complexity index is 672. The van der Waals surface area contributed by atoms with E-state index in [9.17, 15) is 19.8 Å². The number of methoxy groups -OCH3 is 1. The molecule has 0 amide bonds. The Morgan fingerprint density at radius 1 is 1.13 bits per heavy atom. The van der Waals surface area contributed by atoms with Gasteiger partial charge in [0.15, 0.2) is 0 Å². The Balaban J connectivity index is 1.83. The normalized spacial score (nSPS) is 29.2. The van der Waals surface area contributed by atoms with Crippen LogP contribution in [0.15, 0.2) is 12.1 Å². The monoisotopic (exact) mass is 319 g/mol. The Hall–Kier alpha value is -2.08. The predicted octanol–water partition coefficient (Wildman–Crippen LogP) is 1.67. The lowest BCUT2D eigenvalue weighted by Crippen LogP contribution is -2.28. The van der Waals surface area contributed by atoms with Crippen molar-refractivity contribution in [3.05, 3.63) is 28.8 Å². The van der Waals surface area contributed by atoms with Crippen LogP contribution in [0.1, 0.15) is 23.1 Å². The van der Waals surface area contributed by atoms with Crippen molar-refractivity contribution in [1.29, 1.82) is 0 Å². The number of benzene rings is 1. The van der Waals surface area contributed by atoms with Crippen LogP contribution >= 0.6 is 0 Å². The molecule has 2 N–H and O–H groups in total. The summed E-state index contributed by atoms with van der Waals surface area (Å²) in [5, 5.41) is 18.9. The van der Waals surface area contributed by atoms with Gasteiger partial charge in [0.25, 0.3) is 0 Å². The molecule has 1 aliphatic carbocycles. The molecule has 2 atom stereocenters. The number of rotatable bonds is 5. The molecule has 6 heteroatoms. The zero-order chi connectivity index (χ0) is 17.0. The van der Waals surface area contributed by atoms with Crippen LogP contribution in [0.2, 0.25) is 0 Å². The van der Waals surface area contributed by atoms with E-state index in [0.29, 0.717) is 19.6 Å². The van der Waals surface area contributed by atoms with E-state index in [-0.39, 0.29) is 6.42 Å². The Labute approximate surface area is 134 Å². The molecule has 0 bridgehead atoms. The average Bonchev–Trinajstić information content (AvgIpc) is 3.02. The number of hydrogen-bond acceptors (Lipinski definition) is 4. The van der Waals surface area contributed by atoms with E-state index in [1.165, 1.54) is 0 Å². The summed E-state index contributed by atoms with van der Waals surface area (Å²) in [6.07, 6.45) is 0.238. The molecular weight excluding hydrogens is 298 g/mol. The number of ether oxygens (including phenoxy) is 1. The Morgan fingerprint density at radius 3 is 2.17 bits per heavy atom. The lowest BCUT2D eigenvalue weighted by Gasteiger charge is -2.21. The number of carboxylic acid groups (broad SMARTS) is 2.